The summed E-state index contributed by atoms with van der Waals surface area (Å²) in [6.45, 7) is -0.241. The van der Waals surface area contributed by atoms with Gasteiger partial charge in [-0.15, -0.1) is 0 Å². The topological polar surface area (TPSA) is 119 Å². The molecule has 3 amide bonds. The minimum Gasteiger partial charge on any atom is -0.488 e. The highest BCUT2D eigenvalue weighted by atomic mass is 127. The SMILES string of the molecule is O=C(CN1C(=O)S/C(=C\c2ccccc2OCc2ccc([N+](=O)[O-])cc2)C1=O)Nc1ccc(I)cc1. The van der Waals surface area contributed by atoms with Gasteiger partial charge in [-0.2, -0.15) is 0 Å². The van der Waals surface area contributed by atoms with Gasteiger partial charge in [-0.05, 0) is 88.5 Å². The smallest absolute Gasteiger partial charge is 0.294 e. The quantitative estimate of drug-likeness (QED) is 0.155. The van der Waals surface area contributed by atoms with Gasteiger partial charge in [0.2, 0.25) is 5.91 Å². The number of nitro benzene ring substituents is 1. The van der Waals surface area contributed by atoms with E-state index in [1.165, 1.54) is 12.1 Å². The highest BCUT2D eigenvalue weighted by molar-refractivity contribution is 14.1. The maximum Gasteiger partial charge on any atom is 0.294 e. The average molecular weight is 615 g/mol. The van der Waals surface area contributed by atoms with Crippen LogP contribution >= 0.6 is 34.4 Å². The predicted molar refractivity (Wildman–Crippen MR) is 144 cm³/mol. The van der Waals surface area contributed by atoms with Gasteiger partial charge in [0.1, 0.15) is 18.9 Å². The number of para-hydroxylation sites is 1. The van der Waals surface area contributed by atoms with Crippen molar-refractivity contribution in [3.8, 4) is 5.75 Å². The molecule has 1 heterocycles. The van der Waals surface area contributed by atoms with E-state index in [2.05, 4.69) is 27.9 Å². The lowest BCUT2D eigenvalue weighted by Crippen LogP contribution is -2.36. The Morgan fingerprint density at radius 2 is 1.75 bits per heavy atom. The van der Waals surface area contributed by atoms with E-state index in [-0.39, 0.29) is 17.2 Å². The molecule has 1 fully saturated rings. The van der Waals surface area contributed by atoms with Crippen molar-refractivity contribution in [1.29, 1.82) is 0 Å². The first-order valence-corrected chi connectivity index (χ1v) is 12.5. The molecule has 4 rings (SSSR count). The van der Waals surface area contributed by atoms with Crippen LogP contribution in [0.25, 0.3) is 6.08 Å². The molecule has 3 aromatic rings. The maximum absolute atomic E-state index is 12.9. The van der Waals surface area contributed by atoms with E-state index in [0.717, 1.165) is 25.8 Å². The minimum atomic E-state index is -0.562. The van der Waals surface area contributed by atoms with Gasteiger partial charge in [0.05, 0.1) is 9.83 Å². The van der Waals surface area contributed by atoms with Gasteiger partial charge in [0, 0.05) is 27.0 Å². The molecule has 9 nitrogen and oxygen atoms in total. The summed E-state index contributed by atoms with van der Waals surface area (Å²) in [6.07, 6.45) is 1.55. The van der Waals surface area contributed by atoms with E-state index in [1.807, 2.05) is 12.1 Å². The fourth-order valence-corrected chi connectivity index (χ4v) is 4.45. The van der Waals surface area contributed by atoms with Crippen LogP contribution < -0.4 is 10.1 Å². The van der Waals surface area contributed by atoms with E-state index in [1.54, 1.807) is 54.6 Å². The molecule has 182 valence electrons. The van der Waals surface area contributed by atoms with Gasteiger partial charge in [-0.3, -0.25) is 29.4 Å². The van der Waals surface area contributed by atoms with Crippen LogP contribution in [0.15, 0.2) is 77.7 Å². The number of non-ortho nitro benzene ring substituents is 1. The highest BCUT2D eigenvalue weighted by Crippen LogP contribution is 2.34. The molecule has 1 N–H and O–H groups in total. The largest absolute Gasteiger partial charge is 0.488 e. The number of carbonyl (C=O) groups excluding carboxylic acids is 3. The first-order valence-electron chi connectivity index (χ1n) is 10.6. The molecule has 3 aromatic carbocycles. The van der Waals surface area contributed by atoms with E-state index < -0.39 is 28.5 Å². The van der Waals surface area contributed by atoms with Crippen LogP contribution in [0.5, 0.6) is 5.75 Å². The average Bonchev–Trinajstić information content (AvgIpc) is 3.12. The van der Waals surface area contributed by atoms with Crippen molar-refractivity contribution in [3.05, 3.63) is 103 Å². The summed E-state index contributed by atoms with van der Waals surface area (Å²) >= 11 is 2.90. The summed E-state index contributed by atoms with van der Waals surface area (Å²) in [4.78, 5) is 49.1. The van der Waals surface area contributed by atoms with E-state index >= 15 is 0 Å². The molecule has 1 saturated heterocycles. The molecule has 1 aliphatic rings. The summed E-state index contributed by atoms with van der Waals surface area (Å²) in [5.74, 6) is -0.571. The molecule has 0 aromatic heterocycles. The Bertz CT molecular complexity index is 1360. The number of ether oxygens (including phenoxy) is 1. The third-order valence-corrected chi connectivity index (χ3v) is 6.68. The monoisotopic (exact) mass is 615 g/mol. The van der Waals surface area contributed by atoms with Gasteiger partial charge < -0.3 is 10.1 Å². The number of nitrogens with zero attached hydrogens (tertiary/aromatic N) is 2. The second-order valence-corrected chi connectivity index (χ2v) is 9.81. The Morgan fingerprint density at radius 1 is 1.06 bits per heavy atom. The Morgan fingerprint density at radius 3 is 2.44 bits per heavy atom. The van der Waals surface area contributed by atoms with Crippen molar-refractivity contribution in [2.24, 2.45) is 0 Å². The number of anilines is 1. The molecular formula is C25H18IN3O6S. The van der Waals surface area contributed by atoms with E-state index in [9.17, 15) is 24.5 Å². The Balaban J connectivity index is 1.43. The van der Waals surface area contributed by atoms with Crippen molar-refractivity contribution in [1.82, 2.24) is 4.90 Å². The first kappa shape index (κ1) is 25.4. The number of halogens is 1. The number of hydrogen-bond acceptors (Lipinski definition) is 7. The van der Waals surface area contributed by atoms with Gasteiger partial charge in [0.25, 0.3) is 16.8 Å². The number of hydrogen-bond donors (Lipinski definition) is 1. The lowest BCUT2D eigenvalue weighted by Gasteiger charge is -2.12. The molecule has 0 spiro atoms. The number of nitro groups is 1. The summed E-state index contributed by atoms with van der Waals surface area (Å²) in [7, 11) is 0. The summed E-state index contributed by atoms with van der Waals surface area (Å²) in [5, 5.41) is 13.0. The molecule has 0 bridgehead atoms. The Kier molecular flexibility index (Phi) is 8.00. The van der Waals surface area contributed by atoms with E-state index in [4.69, 9.17) is 4.74 Å². The molecule has 0 saturated carbocycles. The van der Waals surface area contributed by atoms with Crippen LogP contribution in [0.3, 0.4) is 0 Å². The molecular weight excluding hydrogens is 597 g/mol. The lowest BCUT2D eigenvalue weighted by molar-refractivity contribution is -0.384. The molecule has 0 unspecified atom stereocenters. The zero-order valence-electron chi connectivity index (χ0n) is 18.5. The van der Waals surface area contributed by atoms with Crippen LogP contribution in [0.2, 0.25) is 0 Å². The molecule has 0 aliphatic carbocycles. The molecule has 11 heteroatoms. The van der Waals surface area contributed by atoms with Gasteiger partial charge >= 0.3 is 0 Å². The van der Waals surface area contributed by atoms with Crippen molar-refractivity contribution in [2.45, 2.75) is 6.61 Å². The third kappa shape index (κ3) is 6.29. The normalized spacial score (nSPS) is 14.2. The molecule has 0 radical (unpaired) electrons. The first-order chi connectivity index (χ1) is 17.3. The minimum absolute atomic E-state index is 0.0119. The second kappa shape index (κ2) is 11.4. The fourth-order valence-electron chi connectivity index (χ4n) is 3.26. The number of nitrogens with one attached hydrogen (secondary N) is 1. The van der Waals surface area contributed by atoms with Crippen LogP contribution in [-0.2, 0) is 16.2 Å². The van der Waals surface area contributed by atoms with Crippen molar-refractivity contribution >= 4 is 68.9 Å². The van der Waals surface area contributed by atoms with Crippen molar-refractivity contribution < 1.29 is 24.0 Å². The van der Waals surface area contributed by atoms with Gasteiger partial charge in [-0.25, -0.2) is 0 Å². The number of imide groups is 1. The van der Waals surface area contributed by atoms with Crippen molar-refractivity contribution in [2.75, 3.05) is 11.9 Å². The zero-order chi connectivity index (χ0) is 25.7. The number of benzene rings is 3. The van der Waals surface area contributed by atoms with Gasteiger partial charge in [-0.1, -0.05) is 18.2 Å². The lowest BCUT2D eigenvalue weighted by atomic mass is 10.1. The number of amides is 3. The number of thioether (sulfide) groups is 1. The fraction of sp³-hybridized carbons (Fsp3) is 0.0800. The number of rotatable bonds is 8. The van der Waals surface area contributed by atoms with Crippen LogP contribution in [0.1, 0.15) is 11.1 Å². The van der Waals surface area contributed by atoms with E-state index in [0.29, 0.717) is 17.0 Å². The Labute approximate surface area is 223 Å². The molecule has 1 aliphatic heterocycles. The van der Waals surface area contributed by atoms with Crippen LogP contribution in [-0.4, -0.2) is 33.4 Å². The third-order valence-electron chi connectivity index (χ3n) is 5.05. The molecule has 36 heavy (non-hydrogen) atoms. The summed E-state index contributed by atoms with van der Waals surface area (Å²) in [6, 6.07) is 20.1. The van der Waals surface area contributed by atoms with Crippen molar-refractivity contribution in [3.63, 3.8) is 0 Å². The standard InChI is InChI=1S/C25H18IN3O6S/c26-18-7-9-19(10-8-18)27-23(30)14-28-24(31)22(36-25(28)32)13-17-3-1-2-4-21(17)35-15-16-5-11-20(12-6-16)29(33)34/h1-13H,14-15H2,(H,27,30)/b22-13-. The Hall–Kier alpha value is -3.71. The zero-order valence-corrected chi connectivity index (χ0v) is 21.5. The van der Waals surface area contributed by atoms with Crippen LogP contribution in [0, 0.1) is 13.7 Å². The number of carbonyl (C=O) groups is 3. The summed E-state index contributed by atoms with van der Waals surface area (Å²) in [5.41, 5.74) is 1.87. The maximum atomic E-state index is 12.9. The highest BCUT2D eigenvalue weighted by Gasteiger charge is 2.36. The predicted octanol–water partition coefficient (Wildman–Crippen LogP) is 5.45. The summed E-state index contributed by atoms with van der Waals surface area (Å²) < 4.78 is 6.88. The molecule has 0 atom stereocenters. The second-order valence-electron chi connectivity index (χ2n) is 7.57. The van der Waals surface area contributed by atoms with Crippen LogP contribution in [0.4, 0.5) is 16.2 Å². The van der Waals surface area contributed by atoms with Gasteiger partial charge in [0.15, 0.2) is 0 Å².